The second-order valence-electron chi connectivity index (χ2n) is 22.7. The summed E-state index contributed by atoms with van der Waals surface area (Å²) < 4.78 is 65.1. The molecule has 18 heteroatoms. The van der Waals surface area contributed by atoms with E-state index in [-0.39, 0.29) is 86.1 Å². The molecular weight excluding hydrogens is 964 g/mol. The Morgan fingerprint density at radius 3 is 2.46 bits per heavy atom. The van der Waals surface area contributed by atoms with Gasteiger partial charge in [0, 0.05) is 68.3 Å². The van der Waals surface area contributed by atoms with Gasteiger partial charge in [0.05, 0.1) is 27.5 Å². The SMILES string of the molecule is CC(C)c1ccccc1[C@@H]1CCCN1C1CC2(CCN(c3ccc(C(=O)NS(=O)(=O)c4cc(N=O)c5c(c4)OC[C@H]([C@H]4CC[C@](C)(O)CC4)N5)c(Oc4cc5c(F)c[nH]c5nc4OC4CCN(C)CC4)c3)CC2)C1. The Hall–Kier alpha value is -5.82. The topological polar surface area (TPSA) is 191 Å². The van der Waals surface area contributed by atoms with Crippen molar-refractivity contribution in [2.45, 2.75) is 138 Å². The number of rotatable bonds is 13. The molecule has 4 aliphatic heterocycles. The zero-order valence-corrected chi connectivity index (χ0v) is 43.7. The van der Waals surface area contributed by atoms with Crippen molar-refractivity contribution in [2.24, 2.45) is 16.5 Å². The number of carbonyl (C=O) groups excluding carboxylic acids is 1. The van der Waals surface area contributed by atoms with Crippen LogP contribution in [0, 0.1) is 22.1 Å². The molecule has 3 aromatic carbocycles. The average Bonchev–Trinajstić information content (AvgIpc) is 4.02. The first kappa shape index (κ1) is 50.3. The van der Waals surface area contributed by atoms with Gasteiger partial charge in [-0.25, -0.2) is 17.5 Å². The summed E-state index contributed by atoms with van der Waals surface area (Å²) in [6.07, 6.45) is 12.0. The number of hydrogen-bond donors (Lipinski definition) is 4. The second kappa shape index (κ2) is 20.0. The number of carbonyl (C=O) groups is 1. The van der Waals surface area contributed by atoms with E-state index in [9.17, 15) is 23.2 Å². The van der Waals surface area contributed by atoms with Crippen molar-refractivity contribution in [3.8, 4) is 23.1 Å². The molecule has 0 radical (unpaired) electrons. The Kier molecular flexibility index (Phi) is 13.6. The molecule has 2 aromatic heterocycles. The number of nitrogens with one attached hydrogen (secondary N) is 3. The van der Waals surface area contributed by atoms with E-state index in [1.165, 1.54) is 42.3 Å². The molecule has 0 bridgehead atoms. The first-order valence-corrected chi connectivity index (χ1v) is 28.2. The third-order valence-electron chi connectivity index (χ3n) is 17.3. The molecule has 2 aliphatic carbocycles. The van der Waals surface area contributed by atoms with E-state index in [2.05, 4.69) is 85.0 Å². The number of likely N-dealkylation sites (tertiary alicyclic amines) is 2. The van der Waals surface area contributed by atoms with Crippen molar-refractivity contribution in [1.82, 2.24) is 24.5 Å². The number of H-pyrrole nitrogens is 1. The van der Waals surface area contributed by atoms with Gasteiger partial charge in [0.25, 0.3) is 21.8 Å². The quantitative estimate of drug-likeness (QED) is 0.0816. The number of piperidine rings is 2. The highest BCUT2D eigenvalue weighted by atomic mass is 32.2. The van der Waals surface area contributed by atoms with Crippen molar-refractivity contribution in [1.29, 1.82) is 0 Å². The van der Waals surface area contributed by atoms with Crippen LogP contribution < -0.4 is 29.1 Å². The molecule has 5 aromatic rings. The van der Waals surface area contributed by atoms with Gasteiger partial charge in [-0.2, -0.15) is 4.98 Å². The van der Waals surface area contributed by atoms with Crippen LogP contribution in [0.4, 0.5) is 21.5 Å². The molecule has 0 unspecified atom stereocenters. The number of aromatic amines is 1. The molecule has 1 spiro atoms. The summed E-state index contributed by atoms with van der Waals surface area (Å²) in [5, 5.41) is 17.2. The molecular formula is C56H69FN8O8S. The average molecular weight is 1030 g/mol. The number of benzene rings is 3. The molecule has 1 amide bonds. The first-order valence-electron chi connectivity index (χ1n) is 26.7. The highest BCUT2D eigenvalue weighted by Gasteiger charge is 2.50. The monoisotopic (exact) mass is 1030 g/mol. The molecule has 6 heterocycles. The fourth-order valence-electron chi connectivity index (χ4n) is 12.8. The van der Waals surface area contributed by atoms with Gasteiger partial charge < -0.3 is 39.4 Å². The number of aromatic nitrogens is 2. The number of nitrogens with zero attached hydrogens (tertiary/aromatic N) is 5. The summed E-state index contributed by atoms with van der Waals surface area (Å²) in [6, 6.07) is 18.8. The highest BCUT2D eigenvalue weighted by molar-refractivity contribution is 7.90. The van der Waals surface area contributed by atoms with E-state index in [1.54, 1.807) is 18.2 Å². The van der Waals surface area contributed by atoms with Gasteiger partial charge in [-0.3, -0.25) is 9.69 Å². The number of fused-ring (bicyclic) bond motifs is 2. The van der Waals surface area contributed by atoms with Crippen LogP contribution in [0.3, 0.4) is 0 Å². The molecule has 4 N–H and O–H groups in total. The lowest BCUT2D eigenvalue weighted by atomic mass is 9.59. The van der Waals surface area contributed by atoms with Crippen LogP contribution in [-0.4, -0.2) is 109 Å². The van der Waals surface area contributed by atoms with E-state index in [4.69, 9.17) is 14.2 Å². The Balaban J connectivity index is 0.849. The number of nitroso groups, excluding NO2 is 1. The van der Waals surface area contributed by atoms with E-state index >= 15 is 4.39 Å². The van der Waals surface area contributed by atoms with Gasteiger partial charge in [-0.15, -0.1) is 4.91 Å². The molecule has 74 heavy (non-hydrogen) atoms. The molecule has 394 valence electrons. The summed E-state index contributed by atoms with van der Waals surface area (Å²) in [7, 11) is -2.59. The third kappa shape index (κ3) is 10.1. The van der Waals surface area contributed by atoms with Gasteiger partial charge in [0.2, 0.25) is 0 Å². The molecule has 16 nitrogen and oxygen atoms in total. The van der Waals surface area contributed by atoms with Crippen LogP contribution in [-0.2, 0) is 10.0 Å². The number of ether oxygens (including phenoxy) is 3. The molecule has 2 saturated carbocycles. The van der Waals surface area contributed by atoms with Crippen LogP contribution in [0.2, 0.25) is 0 Å². The number of halogens is 1. The number of amides is 1. The summed E-state index contributed by atoms with van der Waals surface area (Å²) >= 11 is 0. The summed E-state index contributed by atoms with van der Waals surface area (Å²) in [5.41, 5.74) is 3.49. The van der Waals surface area contributed by atoms with Crippen molar-refractivity contribution in [3.63, 3.8) is 0 Å². The Morgan fingerprint density at radius 2 is 1.72 bits per heavy atom. The van der Waals surface area contributed by atoms with Crippen LogP contribution in [0.25, 0.3) is 11.0 Å². The zero-order chi connectivity index (χ0) is 51.5. The van der Waals surface area contributed by atoms with Crippen LogP contribution in [0.5, 0.6) is 23.1 Å². The Labute approximate surface area is 432 Å². The smallest absolute Gasteiger partial charge is 0.268 e. The maximum Gasteiger partial charge on any atom is 0.268 e. The molecule has 2 atom stereocenters. The highest BCUT2D eigenvalue weighted by Crippen LogP contribution is 2.55. The first-order chi connectivity index (χ1) is 35.5. The van der Waals surface area contributed by atoms with Crippen molar-refractivity contribution < 1.29 is 36.9 Å². The summed E-state index contributed by atoms with van der Waals surface area (Å²) in [6.45, 7) is 10.9. The van der Waals surface area contributed by atoms with Gasteiger partial charge in [-0.1, -0.05) is 38.1 Å². The van der Waals surface area contributed by atoms with Gasteiger partial charge >= 0.3 is 0 Å². The van der Waals surface area contributed by atoms with Gasteiger partial charge in [0.1, 0.15) is 47.0 Å². The van der Waals surface area contributed by atoms with Crippen LogP contribution in [0.15, 0.2) is 76.9 Å². The van der Waals surface area contributed by atoms with Crippen molar-refractivity contribution >= 4 is 44.0 Å². The molecule has 5 fully saturated rings. The molecule has 6 aliphatic rings. The minimum absolute atomic E-state index is 0.0229. The maximum absolute atomic E-state index is 15.2. The summed E-state index contributed by atoms with van der Waals surface area (Å²) in [4.78, 5) is 41.2. The maximum atomic E-state index is 15.2. The van der Waals surface area contributed by atoms with E-state index in [1.807, 2.05) is 6.92 Å². The number of sulfonamides is 1. The minimum Gasteiger partial charge on any atom is -0.489 e. The van der Waals surface area contributed by atoms with E-state index < -0.39 is 27.3 Å². The lowest BCUT2D eigenvalue weighted by Gasteiger charge is -2.56. The molecule has 3 saturated heterocycles. The molecule has 11 rings (SSSR count). The Morgan fingerprint density at radius 1 is 0.959 bits per heavy atom. The predicted octanol–water partition coefficient (Wildman–Crippen LogP) is 10.3. The lowest BCUT2D eigenvalue weighted by molar-refractivity contribution is -0.0227. The van der Waals surface area contributed by atoms with Gasteiger partial charge in [-0.05, 0) is 149 Å². The second-order valence-corrected chi connectivity index (χ2v) is 24.4. The van der Waals surface area contributed by atoms with Crippen molar-refractivity contribution in [3.05, 3.63) is 94.3 Å². The lowest BCUT2D eigenvalue weighted by Crippen LogP contribution is -2.54. The van der Waals surface area contributed by atoms with Crippen LogP contribution >= 0.6 is 0 Å². The normalized spacial score (nSPS) is 24.8. The van der Waals surface area contributed by atoms with Gasteiger partial charge in [0.15, 0.2) is 5.75 Å². The number of pyridine rings is 1. The third-order valence-corrected chi connectivity index (χ3v) is 18.6. The van der Waals surface area contributed by atoms with E-state index in [0.717, 1.165) is 95.8 Å². The fourth-order valence-corrected chi connectivity index (χ4v) is 13.8. The van der Waals surface area contributed by atoms with Crippen molar-refractivity contribution in [2.75, 3.05) is 56.6 Å². The van der Waals surface area contributed by atoms with Crippen LogP contribution in [0.1, 0.15) is 131 Å². The Bertz CT molecular complexity index is 3020. The number of anilines is 2. The van der Waals surface area contributed by atoms with E-state index in [0.29, 0.717) is 30.8 Å². The fraction of sp³-hybridized carbons (Fsp3) is 0.536. The summed E-state index contributed by atoms with van der Waals surface area (Å²) in [5.74, 6) is -0.584. The zero-order valence-electron chi connectivity index (χ0n) is 42.9. The standard InChI is InChI=1S/C56H69FN8O8S/c1-34(2)40-8-5-6-9-41(40)47-10-7-21-65(47)37-30-56(31-37)19-24-64(25-20-56)36-11-12-42(48(26-36)73-50-29-43-44(57)32-58-52(43)60-54(50)72-38-15-22-63(4)23-16-38)53(66)62-74(69,70)39-27-45(61-68)51-49(28-39)71-33-46(59-51)35-13-17-55(3,67)18-14-35/h5-6,8-9,11-12,26-29,32,34-35,37-38,46-47,59,67H,7,10,13-25,30-31,33H2,1-4H3,(H,58,60)(H,62,66)/t35-,46-,47+,55-/m1/s1. The minimum atomic E-state index is -4.64. The number of aliphatic hydroxyl groups is 1. The predicted molar refractivity (Wildman–Crippen MR) is 282 cm³/mol. The number of hydrogen-bond acceptors (Lipinski definition) is 14. The largest absolute Gasteiger partial charge is 0.489 e.